The van der Waals surface area contributed by atoms with Crippen molar-refractivity contribution < 1.29 is 14.3 Å². The van der Waals surface area contributed by atoms with Crippen molar-refractivity contribution in [3.63, 3.8) is 0 Å². The highest BCUT2D eigenvalue weighted by Gasteiger charge is 2.35. The zero-order valence-corrected chi connectivity index (χ0v) is 19.0. The Morgan fingerprint density at radius 3 is 2.59 bits per heavy atom. The van der Waals surface area contributed by atoms with Gasteiger partial charge in [-0.05, 0) is 56.0 Å². The van der Waals surface area contributed by atoms with Crippen molar-refractivity contribution in [2.45, 2.75) is 51.6 Å². The number of nitrogens with two attached hydrogens (primary N) is 1. The van der Waals surface area contributed by atoms with E-state index in [0.717, 1.165) is 17.7 Å². The molecule has 0 saturated heterocycles. The number of fused-ring (bicyclic) bond motifs is 1. The number of nitrogens with one attached hydrogen (secondary N) is 1. The van der Waals surface area contributed by atoms with Crippen molar-refractivity contribution in [3.05, 3.63) is 53.6 Å². The highest BCUT2D eigenvalue weighted by molar-refractivity contribution is 6.02. The second-order valence-corrected chi connectivity index (χ2v) is 8.85. The third-order valence-electron chi connectivity index (χ3n) is 6.27. The molecular formula is C25H32N4O3. The van der Waals surface area contributed by atoms with Gasteiger partial charge in [0.1, 0.15) is 5.75 Å². The van der Waals surface area contributed by atoms with Crippen molar-refractivity contribution >= 4 is 23.4 Å². The second kappa shape index (κ2) is 9.30. The minimum absolute atomic E-state index is 0.0517. The van der Waals surface area contributed by atoms with Gasteiger partial charge < -0.3 is 20.7 Å². The lowest BCUT2D eigenvalue weighted by Gasteiger charge is -2.40. The van der Waals surface area contributed by atoms with Crippen LogP contribution < -0.4 is 25.6 Å². The van der Waals surface area contributed by atoms with Crippen molar-refractivity contribution in [3.8, 4) is 5.75 Å². The number of para-hydroxylation sites is 1. The quantitative estimate of drug-likeness (QED) is 0.723. The second-order valence-electron chi connectivity index (χ2n) is 8.85. The van der Waals surface area contributed by atoms with Crippen LogP contribution in [-0.2, 0) is 4.79 Å². The number of rotatable bonds is 6. The summed E-state index contributed by atoms with van der Waals surface area (Å²) >= 11 is 0. The Kier molecular flexibility index (Phi) is 6.48. The van der Waals surface area contributed by atoms with Gasteiger partial charge in [-0.1, -0.05) is 24.3 Å². The monoisotopic (exact) mass is 436 g/mol. The van der Waals surface area contributed by atoms with Gasteiger partial charge in [0.15, 0.2) is 0 Å². The highest BCUT2D eigenvalue weighted by Crippen LogP contribution is 2.38. The Morgan fingerprint density at radius 2 is 1.94 bits per heavy atom. The van der Waals surface area contributed by atoms with E-state index in [-0.39, 0.29) is 17.9 Å². The molecule has 2 atom stereocenters. The molecule has 0 aromatic heterocycles. The van der Waals surface area contributed by atoms with E-state index < -0.39 is 6.09 Å². The average molecular weight is 437 g/mol. The maximum atomic E-state index is 13.2. The molecule has 2 aromatic carbocycles. The highest BCUT2D eigenvalue weighted by atomic mass is 16.6. The summed E-state index contributed by atoms with van der Waals surface area (Å²) in [6.07, 6.45) is 1.98. The number of ether oxygens (including phenoxy) is 1. The molecule has 1 unspecified atom stereocenters. The molecule has 7 heteroatoms. The van der Waals surface area contributed by atoms with Crippen LogP contribution in [0.3, 0.4) is 0 Å². The fourth-order valence-electron chi connectivity index (χ4n) is 4.30. The van der Waals surface area contributed by atoms with E-state index in [1.807, 2.05) is 50.2 Å². The standard InChI is InChI=1S/C25H32N4O3/c1-16-6-4-5-7-24(16)32-25(31)28-15-17(2)29(18(3)30)22-11-8-19(12-23(22)28)20(13-26)14-27-21-9-10-21/h4-8,11-12,17,20-21,27H,9-10,13-15,26H2,1-3H3/t17-,20?/m0/s1. The number of amides is 2. The Balaban J connectivity index is 1.67. The lowest BCUT2D eigenvalue weighted by molar-refractivity contribution is -0.117. The molecule has 0 bridgehead atoms. The molecule has 2 aliphatic rings. The minimum Gasteiger partial charge on any atom is -0.410 e. The molecule has 2 aromatic rings. The van der Waals surface area contributed by atoms with Crippen LogP contribution in [0.25, 0.3) is 0 Å². The summed E-state index contributed by atoms with van der Waals surface area (Å²) < 4.78 is 5.75. The van der Waals surface area contributed by atoms with Crippen LogP contribution >= 0.6 is 0 Å². The smallest absolute Gasteiger partial charge is 0.410 e. The minimum atomic E-state index is -0.451. The summed E-state index contributed by atoms with van der Waals surface area (Å²) in [5.74, 6) is 0.606. The van der Waals surface area contributed by atoms with E-state index >= 15 is 0 Å². The van der Waals surface area contributed by atoms with Crippen LogP contribution in [0.1, 0.15) is 43.7 Å². The maximum absolute atomic E-state index is 13.2. The lowest BCUT2D eigenvalue weighted by atomic mass is 9.96. The molecule has 0 spiro atoms. The van der Waals surface area contributed by atoms with Crippen LogP contribution in [0.2, 0.25) is 0 Å². The number of nitrogens with zero attached hydrogens (tertiary/aromatic N) is 2. The summed E-state index contributed by atoms with van der Waals surface area (Å²) in [4.78, 5) is 29.0. The Morgan fingerprint density at radius 1 is 1.19 bits per heavy atom. The number of carbonyl (C=O) groups is 2. The van der Waals surface area contributed by atoms with Gasteiger partial charge in [0.2, 0.25) is 5.91 Å². The number of anilines is 2. The Bertz CT molecular complexity index is 1000. The van der Waals surface area contributed by atoms with Gasteiger partial charge in [-0.2, -0.15) is 0 Å². The third kappa shape index (κ3) is 4.64. The normalized spacial score (nSPS) is 18.8. The van der Waals surface area contributed by atoms with Crippen LogP contribution in [0.5, 0.6) is 5.75 Å². The first-order valence-electron chi connectivity index (χ1n) is 11.3. The number of carbonyl (C=O) groups excluding carboxylic acids is 2. The van der Waals surface area contributed by atoms with E-state index in [0.29, 0.717) is 36.3 Å². The topological polar surface area (TPSA) is 87.9 Å². The average Bonchev–Trinajstić information content (AvgIpc) is 3.59. The van der Waals surface area contributed by atoms with Gasteiger partial charge in [0.25, 0.3) is 0 Å². The van der Waals surface area contributed by atoms with Gasteiger partial charge >= 0.3 is 6.09 Å². The molecule has 2 amide bonds. The maximum Gasteiger partial charge on any atom is 0.419 e. The summed E-state index contributed by atoms with van der Waals surface area (Å²) in [5, 5.41) is 3.54. The van der Waals surface area contributed by atoms with E-state index in [2.05, 4.69) is 5.32 Å². The first-order valence-corrected chi connectivity index (χ1v) is 11.3. The molecule has 1 heterocycles. The van der Waals surface area contributed by atoms with Gasteiger partial charge in [0.05, 0.1) is 17.4 Å². The van der Waals surface area contributed by atoms with Gasteiger partial charge in [-0.15, -0.1) is 0 Å². The first kappa shape index (κ1) is 22.3. The zero-order valence-electron chi connectivity index (χ0n) is 19.0. The molecule has 1 fully saturated rings. The van der Waals surface area contributed by atoms with Crippen molar-refractivity contribution in [2.24, 2.45) is 5.73 Å². The van der Waals surface area contributed by atoms with E-state index in [1.165, 1.54) is 12.8 Å². The fraction of sp³-hybridized carbons (Fsp3) is 0.440. The van der Waals surface area contributed by atoms with E-state index in [4.69, 9.17) is 10.5 Å². The summed E-state index contributed by atoms with van der Waals surface area (Å²) in [6, 6.07) is 13.8. The Labute approximate surface area is 189 Å². The van der Waals surface area contributed by atoms with E-state index in [9.17, 15) is 9.59 Å². The summed E-state index contributed by atoms with van der Waals surface area (Å²) in [5.41, 5.74) is 9.42. The zero-order chi connectivity index (χ0) is 22.8. The van der Waals surface area contributed by atoms with Crippen LogP contribution in [0.4, 0.5) is 16.2 Å². The number of hydrogen-bond acceptors (Lipinski definition) is 5. The molecule has 4 rings (SSSR count). The molecule has 1 saturated carbocycles. The molecule has 170 valence electrons. The number of hydrogen-bond donors (Lipinski definition) is 2. The predicted octanol–water partition coefficient (Wildman–Crippen LogP) is 3.55. The molecule has 0 radical (unpaired) electrons. The molecule has 3 N–H and O–H groups in total. The summed E-state index contributed by atoms with van der Waals surface area (Å²) in [7, 11) is 0. The SMILES string of the molecule is CC(=O)N1c2ccc(C(CN)CNC3CC3)cc2N(C(=O)Oc2ccccc2C)C[C@@H]1C. The molecule has 32 heavy (non-hydrogen) atoms. The molecular weight excluding hydrogens is 404 g/mol. The molecule has 1 aliphatic carbocycles. The van der Waals surface area contributed by atoms with Crippen LogP contribution in [0, 0.1) is 6.92 Å². The largest absolute Gasteiger partial charge is 0.419 e. The van der Waals surface area contributed by atoms with Gasteiger partial charge in [-0.3, -0.25) is 9.69 Å². The third-order valence-corrected chi connectivity index (χ3v) is 6.27. The number of aryl methyl sites for hydroxylation is 1. The van der Waals surface area contributed by atoms with Crippen LogP contribution in [-0.4, -0.2) is 43.7 Å². The van der Waals surface area contributed by atoms with Crippen molar-refractivity contribution in [1.29, 1.82) is 0 Å². The molecule has 7 nitrogen and oxygen atoms in total. The van der Waals surface area contributed by atoms with E-state index in [1.54, 1.807) is 22.8 Å². The van der Waals surface area contributed by atoms with Crippen LogP contribution in [0.15, 0.2) is 42.5 Å². The predicted molar refractivity (Wildman–Crippen MR) is 126 cm³/mol. The van der Waals surface area contributed by atoms with Gasteiger partial charge in [-0.25, -0.2) is 4.79 Å². The summed E-state index contributed by atoms with van der Waals surface area (Å²) in [6.45, 7) is 7.05. The van der Waals surface area contributed by atoms with Crippen molar-refractivity contribution in [1.82, 2.24) is 5.32 Å². The van der Waals surface area contributed by atoms with Gasteiger partial charge in [0, 0.05) is 38.5 Å². The lowest BCUT2D eigenvalue weighted by Crippen LogP contribution is -2.52. The fourth-order valence-corrected chi connectivity index (χ4v) is 4.30. The first-order chi connectivity index (χ1) is 15.4. The number of benzene rings is 2. The Hall–Kier alpha value is -2.90. The van der Waals surface area contributed by atoms with Crippen molar-refractivity contribution in [2.75, 3.05) is 29.4 Å². The molecule has 1 aliphatic heterocycles.